The van der Waals surface area contributed by atoms with Crippen LogP contribution >= 0.6 is 0 Å². The molecule has 1 amide bonds. The maximum atomic E-state index is 12.3. The van der Waals surface area contributed by atoms with Crippen LogP contribution in [0.5, 0.6) is 0 Å². The number of hydrogen-bond acceptors (Lipinski definition) is 6. The van der Waals surface area contributed by atoms with Crippen LogP contribution in [0.25, 0.3) is 0 Å². The number of ether oxygens (including phenoxy) is 1. The number of anilines is 2. The Hall–Kier alpha value is -2.96. The van der Waals surface area contributed by atoms with Gasteiger partial charge in [0.25, 0.3) is 5.91 Å². The molecule has 7 heteroatoms. The van der Waals surface area contributed by atoms with Crippen LogP contribution in [-0.4, -0.2) is 34.5 Å². The van der Waals surface area contributed by atoms with E-state index in [4.69, 9.17) is 0 Å². The molecule has 126 valence electrons. The molecular weight excluding hydrogens is 308 g/mol. The molecule has 0 unspecified atom stereocenters. The Morgan fingerprint density at radius 2 is 1.92 bits per heavy atom. The lowest BCUT2D eigenvalue weighted by Gasteiger charge is -2.20. The van der Waals surface area contributed by atoms with E-state index in [-0.39, 0.29) is 11.2 Å². The van der Waals surface area contributed by atoms with Crippen molar-refractivity contribution in [2.24, 2.45) is 0 Å². The van der Waals surface area contributed by atoms with Gasteiger partial charge in [-0.3, -0.25) is 4.79 Å². The van der Waals surface area contributed by atoms with Gasteiger partial charge in [-0.15, -0.1) is 0 Å². The monoisotopic (exact) mass is 328 g/mol. The third kappa shape index (κ3) is 4.77. The van der Waals surface area contributed by atoms with Crippen molar-refractivity contribution in [3.05, 3.63) is 47.8 Å². The van der Waals surface area contributed by atoms with Gasteiger partial charge in [-0.1, -0.05) is 6.07 Å². The average Bonchev–Trinajstić information content (AvgIpc) is 2.53. The summed E-state index contributed by atoms with van der Waals surface area (Å²) in [6, 6.07) is 8.01. The maximum absolute atomic E-state index is 12.3. The first-order valence-electron chi connectivity index (χ1n) is 7.39. The van der Waals surface area contributed by atoms with E-state index in [1.165, 1.54) is 19.4 Å². The summed E-state index contributed by atoms with van der Waals surface area (Å²) >= 11 is 0. The Bertz CT molecular complexity index is 753. The average molecular weight is 328 g/mol. The summed E-state index contributed by atoms with van der Waals surface area (Å²) in [6.45, 7) is 5.92. The molecule has 0 aliphatic carbocycles. The van der Waals surface area contributed by atoms with Gasteiger partial charge in [0.1, 0.15) is 5.69 Å². The third-order valence-electron chi connectivity index (χ3n) is 2.92. The van der Waals surface area contributed by atoms with E-state index < -0.39 is 11.9 Å². The summed E-state index contributed by atoms with van der Waals surface area (Å²) in [5, 5.41) is 5.81. The Kier molecular flexibility index (Phi) is 5.13. The van der Waals surface area contributed by atoms with E-state index in [0.29, 0.717) is 17.2 Å². The van der Waals surface area contributed by atoms with Gasteiger partial charge in [0, 0.05) is 17.4 Å². The summed E-state index contributed by atoms with van der Waals surface area (Å²) in [5.74, 6) is -0.486. The minimum Gasteiger partial charge on any atom is -0.465 e. The molecule has 0 bridgehead atoms. The Morgan fingerprint density at radius 1 is 1.17 bits per heavy atom. The quantitative estimate of drug-likeness (QED) is 0.838. The van der Waals surface area contributed by atoms with Gasteiger partial charge in [0.2, 0.25) is 5.95 Å². The number of aromatic nitrogens is 2. The van der Waals surface area contributed by atoms with Crippen LogP contribution in [-0.2, 0) is 4.74 Å². The van der Waals surface area contributed by atoms with E-state index in [0.717, 1.165) is 0 Å². The predicted octanol–water partition coefficient (Wildman–Crippen LogP) is 2.73. The first kappa shape index (κ1) is 17.4. The molecule has 0 atom stereocenters. The fourth-order valence-corrected chi connectivity index (χ4v) is 1.92. The number of hydrogen-bond donors (Lipinski definition) is 2. The number of nitrogens with zero attached hydrogens (tertiary/aromatic N) is 2. The largest absolute Gasteiger partial charge is 0.465 e. The van der Waals surface area contributed by atoms with Crippen molar-refractivity contribution in [3.8, 4) is 0 Å². The number of benzene rings is 1. The fraction of sp³-hybridized carbons (Fsp3) is 0.294. The highest BCUT2D eigenvalue weighted by Gasteiger charge is 2.14. The van der Waals surface area contributed by atoms with Crippen molar-refractivity contribution in [2.75, 3.05) is 17.7 Å². The van der Waals surface area contributed by atoms with Gasteiger partial charge in [0.05, 0.1) is 12.7 Å². The lowest BCUT2D eigenvalue weighted by Crippen LogP contribution is -2.28. The summed E-state index contributed by atoms with van der Waals surface area (Å²) < 4.78 is 4.66. The number of amides is 1. The minimum atomic E-state index is -0.468. The predicted molar refractivity (Wildman–Crippen MR) is 91.1 cm³/mol. The van der Waals surface area contributed by atoms with E-state index in [1.54, 1.807) is 24.3 Å². The van der Waals surface area contributed by atoms with Crippen LogP contribution in [0.15, 0.2) is 36.5 Å². The number of carbonyl (C=O) groups is 2. The molecule has 0 spiro atoms. The van der Waals surface area contributed by atoms with Crippen molar-refractivity contribution in [1.29, 1.82) is 0 Å². The number of esters is 1. The number of carbonyl (C=O) groups excluding carboxylic acids is 2. The summed E-state index contributed by atoms with van der Waals surface area (Å²) in [5.41, 5.74) is 0.837. The Balaban J connectivity index is 2.15. The highest BCUT2D eigenvalue weighted by Crippen LogP contribution is 2.14. The van der Waals surface area contributed by atoms with Crippen molar-refractivity contribution in [3.63, 3.8) is 0 Å². The van der Waals surface area contributed by atoms with Gasteiger partial charge in [0.15, 0.2) is 0 Å². The lowest BCUT2D eigenvalue weighted by molar-refractivity contribution is 0.0600. The van der Waals surface area contributed by atoms with Gasteiger partial charge >= 0.3 is 5.97 Å². The van der Waals surface area contributed by atoms with Crippen LogP contribution < -0.4 is 10.6 Å². The molecule has 7 nitrogen and oxygen atoms in total. The van der Waals surface area contributed by atoms with E-state index in [2.05, 4.69) is 25.3 Å². The van der Waals surface area contributed by atoms with Crippen molar-refractivity contribution in [1.82, 2.24) is 9.97 Å². The zero-order valence-corrected chi connectivity index (χ0v) is 14.1. The van der Waals surface area contributed by atoms with E-state index in [9.17, 15) is 9.59 Å². The number of methoxy groups -OCH3 is 1. The molecule has 0 saturated heterocycles. The number of nitrogens with one attached hydrogen (secondary N) is 2. The molecule has 0 radical (unpaired) electrons. The van der Waals surface area contributed by atoms with Crippen LogP contribution in [0.2, 0.25) is 0 Å². The van der Waals surface area contributed by atoms with Crippen molar-refractivity contribution in [2.45, 2.75) is 26.3 Å². The molecule has 0 aliphatic rings. The van der Waals surface area contributed by atoms with Crippen molar-refractivity contribution >= 4 is 23.5 Å². The third-order valence-corrected chi connectivity index (χ3v) is 2.92. The summed E-state index contributed by atoms with van der Waals surface area (Å²) in [6.07, 6.45) is 1.51. The number of rotatable bonds is 4. The zero-order chi connectivity index (χ0) is 17.7. The Labute approximate surface area is 140 Å². The van der Waals surface area contributed by atoms with Crippen LogP contribution in [0.4, 0.5) is 11.6 Å². The van der Waals surface area contributed by atoms with Gasteiger partial charge in [-0.25, -0.2) is 14.8 Å². The molecule has 1 aromatic heterocycles. The SMILES string of the molecule is COC(=O)c1cccc(NC(=O)c2ccnc(NC(C)(C)C)n2)c1. The van der Waals surface area contributed by atoms with Crippen LogP contribution in [0.1, 0.15) is 41.6 Å². The summed E-state index contributed by atoms with van der Waals surface area (Å²) in [4.78, 5) is 32.2. The first-order chi connectivity index (χ1) is 11.3. The molecule has 2 rings (SSSR count). The molecule has 0 fully saturated rings. The highest BCUT2D eigenvalue weighted by molar-refractivity contribution is 6.03. The second kappa shape index (κ2) is 7.08. The standard InChI is InChI=1S/C17H20N4O3/c1-17(2,3)21-16-18-9-8-13(20-16)14(22)19-12-7-5-6-11(10-12)15(23)24-4/h5-10H,1-4H3,(H,19,22)(H,18,20,21). The molecule has 2 aromatic rings. The topological polar surface area (TPSA) is 93.2 Å². The second-order valence-corrected chi connectivity index (χ2v) is 6.17. The lowest BCUT2D eigenvalue weighted by atomic mass is 10.1. The Morgan fingerprint density at radius 3 is 2.58 bits per heavy atom. The molecule has 24 heavy (non-hydrogen) atoms. The normalized spacial score (nSPS) is 10.8. The summed E-state index contributed by atoms with van der Waals surface area (Å²) in [7, 11) is 1.30. The van der Waals surface area contributed by atoms with E-state index >= 15 is 0 Å². The van der Waals surface area contributed by atoms with Gasteiger partial charge in [-0.2, -0.15) is 0 Å². The smallest absolute Gasteiger partial charge is 0.337 e. The molecule has 1 aromatic carbocycles. The minimum absolute atomic E-state index is 0.218. The molecule has 0 saturated carbocycles. The maximum Gasteiger partial charge on any atom is 0.337 e. The zero-order valence-electron chi connectivity index (χ0n) is 14.1. The van der Waals surface area contributed by atoms with Crippen LogP contribution in [0, 0.1) is 0 Å². The second-order valence-electron chi connectivity index (χ2n) is 6.17. The van der Waals surface area contributed by atoms with Gasteiger partial charge in [-0.05, 0) is 45.0 Å². The fourth-order valence-electron chi connectivity index (χ4n) is 1.92. The molecule has 1 heterocycles. The molecule has 2 N–H and O–H groups in total. The first-order valence-corrected chi connectivity index (χ1v) is 7.39. The highest BCUT2D eigenvalue weighted by atomic mass is 16.5. The van der Waals surface area contributed by atoms with Crippen LogP contribution in [0.3, 0.4) is 0 Å². The molecular formula is C17H20N4O3. The van der Waals surface area contributed by atoms with E-state index in [1.807, 2.05) is 20.8 Å². The molecule has 0 aliphatic heterocycles. The van der Waals surface area contributed by atoms with Crippen molar-refractivity contribution < 1.29 is 14.3 Å². The van der Waals surface area contributed by atoms with Gasteiger partial charge < -0.3 is 15.4 Å².